The topological polar surface area (TPSA) is 75.4 Å². The van der Waals surface area contributed by atoms with E-state index in [1.165, 1.54) is 0 Å². The smallest absolute Gasteiger partial charge is 0.321 e. The molecule has 0 radical (unpaired) electrons. The predicted molar refractivity (Wildman–Crippen MR) is 74.0 cm³/mol. The van der Waals surface area contributed by atoms with Gasteiger partial charge in [-0.25, -0.2) is 4.79 Å². The van der Waals surface area contributed by atoms with Gasteiger partial charge < -0.3 is 16.0 Å². The summed E-state index contributed by atoms with van der Waals surface area (Å²) in [5.41, 5.74) is 5.85. The second-order valence-electron chi connectivity index (χ2n) is 4.60. The maximum atomic E-state index is 12.1. The van der Waals surface area contributed by atoms with E-state index in [1.807, 2.05) is 0 Å². The number of nitrogens with zero attached hydrogens (tertiary/aromatic N) is 1. The average Bonchev–Trinajstić information content (AvgIpc) is 2.41. The number of amides is 3. The Morgan fingerprint density at radius 1 is 1.37 bits per heavy atom. The first-order chi connectivity index (χ1) is 9.08. The van der Waals surface area contributed by atoms with Gasteiger partial charge in [0.05, 0.1) is 16.6 Å². The van der Waals surface area contributed by atoms with Crippen LogP contribution in [0, 0.1) is 5.92 Å². The maximum Gasteiger partial charge on any atom is 0.321 e. The van der Waals surface area contributed by atoms with Crippen LogP contribution >= 0.6 is 11.6 Å². The van der Waals surface area contributed by atoms with Gasteiger partial charge in [-0.1, -0.05) is 23.7 Å². The van der Waals surface area contributed by atoms with E-state index in [2.05, 4.69) is 5.32 Å². The zero-order chi connectivity index (χ0) is 13.8. The summed E-state index contributed by atoms with van der Waals surface area (Å²) in [5.74, 6) is -0.610. The first-order valence-corrected chi connectivity index (χ1v) is 6.55. The highest BCUT2D eigenvalue weighted by molar-refractivity contribution is 6.33. The molecule has 0 saturated carbocycles. The molecule has 1 aliphatic heterocycles. The number of para-hydroxylation sites is 1. The first kappa shape index (κ1) is 13.7. The molecule has 1 saturated heterocycles. The fraction of sp³-hybridized carbons (Fsp3) is 0.385. The van der Waals surface area contributed by atoms with E-state index in [-0.39, 0.29) is 17.9 Å². The lowest BCUT2D eigenvalue weighted by atomic mass is 9.98. The van der Waals surface area contributed by atoms with E-state index in [9.17, 15) is 9.59 Å². The summed E-state index contributed by atoms with van der Waals surface area (Å²) in [6.07, 6.45) is 1.52. The van der Waals surface area contributed by atoms with Crippen molar-refractivity contribution in [3.8, 4) is 0 Å². The number of likely N-dealkylation sites (tertiary alicyclic amines) is 1. The molecule has 0 aromatic heterocycles. The Hall–Kier alpha value is -1.75. The van der Waals surface area contributed by atoms with Crippen LogP contribution in [0.3, 0.4) is 0 Å². The maximum absolute atomic E-state index is 12.1. The molecule has 1 aliphatic rings. The Morgan fingerprint density at radius 3 is 2.79 bits per heavy atom. The molecule has 19 heavy (non-hydrogen) atoms. The standard InChI is InChI=1S/C13H16ClN3O2/c14-10-5-1-2-6-11(10)16-13(19)17-7-3-4-9(8-17)12(15)18/h1-2,5-6,9H,3-4,7-8H2,(H2,15,18)(H,16,19). The van der Waals surface area contributed by atoms with Crippen LogP contribution < -0.4 is 11.1 Å². The highest BCUT2D eigenvalue weighted by atomic mass is 35.5. The van der Waals surface area contributed by atoms with Crippen LogP contribution in [0.2, 0.25) is 5.02 Å². The molecule has 3 amide bonds. The summed E-state index contributed by atoms with van der Waals surface area (Å²) in [6.45, 7) is 0.992. The van der Waals surface area contributed by atoms with Crippen molar-refractivity contribution in [2.75, 3.05) is 18.4 Å². The van der Waals surface area contributed by atoms with Crippen LogP contribution in [-0.2, 0) is 4.79 Å². The minimum atomic E-state index is -0.352. The Bertz CT molecular complexity index is 493. The number of carbonyl (C=O) groups is 2. The van der Waals surface area contributed by atoms with Gasteiger partial charge in [-0.2, -0.15) is 0 Å². The van der Waals surface area contributed by atoms with Crippen molar-refractivity contribution >= 4 is 29.2 Å². The number of benzene rings is 1. The van der Waals surface area contributed by atoms with E-state index in [1.54, 1.807) is 29.2 Å². The van der Waals surface area contributed by atoms with Crippen molar-refractivity contribution in [3.63, 3.8) is 0 Å². The molecule has 1 atom stereocenters. The van der Waals surface area contributed by atoms with Gasteiger partial charge in [-0.05, 0) is 25.0 Å². The van der Waals surface area contributed by atoms with E-state index in [0.717, 1.165) is 12.8 Å². The number of carbonyl (C=O) groups excluding carboxylic acids is 2. The van der Waals surface area contributed by atoms with E-state index < -0.39 is 0 Å². The lowest BCUT2D eigenvalue weighted by molar-refractivity contribution is -0.123. The molecule has 1 unspecified atom stereocenters. The fourth-order valence-electron chi connectivity index (χ4n) is 2.15. The van der Waals surface area contributed by atoms with Crippen molar-refractivity contribution in [2.24, 2.45) is 11.7 Å². The molecule has 1 fully saturated rings. The fourth-order valence-corrected chi connectivity index (χ4v) is 2.33. The SMILES string of the molecule is NC(=O)C1CCCN(C(=O)Nc2ccccc2Cl)C1. The molecule has 0 bridgehead atoms. The van der Waals surface area contributed by atoms with Crippen LogP contribution in [0.4, 0.5) is 10.5 Å². The third-order valence-electron chi connectivity index (χ3n) is 3.23. The minimum Gasteiger partial charge on any atom is -0.369 e. The normalized spacial score (nSPS) is 19.0. The number of halogens is 1. The number of piperidine rings is 1. The third-order valence-corrected chi connectivity index (χ3v) is 3.56. The van der Waals surface area contributed by atoms with Gasteiger partial charge in [0.25, 0.3) is 0 Å². The van der Waals surface area contributed by atoms with Crippen LogP contribution in [0.5, 0.6) is 0 Å². The van der Waals surface area contributed by atoms with Gasteiger partial charge in [0.1, 0.15) is 0 Å². The molecule has 5 nitrogen and oxygen atoms in total. The molecule has 6 heteroatoms. The summed E-state index contributed by atoms with van der Waals surface area (Å²) in [7, 11) is 0. The van der Waals surface area contributed by atoms with Gasteiger partial charge in [0, 0.05) is 13.1 Å². The van der Waals surface area contributed by atoms with Crippen molar-refractivity contribution in [2.45, 2.75) is 12.8 Å². The molecule has 102 valence electrons. The number of anilines is 1. The number of hydrogen-bond acceptors (Lipinski definition) is 2. The number of hydrogen-bond donors (Lipinski definition) is 2. The molecular weight excluding hydrogens is 266 g/mol. The second kappa shape index (κ2) is 5.93. The molecule has 1 aromatic rings. The highest BCUT2D eigenvalue weighted by Crippen LogP contribution is 2.22. The summed E-state index contributed by atoms with van der Waals surface area (Å²) in [4.78, 5) is 24.9. The first-order valence-electron chi connectivity index (χ1n) is 6.17. The van der Waals surface area contributed by atoms with Crippen LogP contribution in [0.15, 0.2) is 24.3 Å². The van der Waals surface area contributed by atoms with Crippen LogP contribution in [-0.4, -0.2) is 29.9 Å². The van der Waals surface area contributed by atoms with Crippen LogP contribution in [0.1, 0.15) is 12.8 Å². The van der Waals surface area contributed by atoms with E-state index in [0.29, 0.717) is 23.8 Å². The van der Waals surface area contributed by atoms with Crippen LogP contribution in [0.25, 0.3) is 0 Å². The Balaban J connectivity index is 2.00. The monoisotopic (exact) mass is 281 g/mol. The number of primary amides is 1. The summed E-state index contributed by atoms with van der Waals surface area (Å²) in [6, 6.07) is 6.78. The summed E-state index contributed by atoms with van der Waals surface area (Å²) >= 11 is 5.98. The predicted octanol–water partition coefficient (Wildman–Crippen LogP) is 2.07. The Labute approximate surface area is 116 Å². The molecular formula is C13H16ClN3O2. The largest absolute Gasteiger partial charge is 0.369 e. The second-order valence-corrected chi connectivity index (χ2v) is 5.00. The molecule has 0 aliphatic carbocycles. The van der Waals surface area contributed by atoms with Crippen molar-refractivity contribution in [1.82, 2.24) is 4.90 Å². The van der Waals surface area contributed by atoms with Gasteiger partial charge in [-0.15, -0.1) is 0 Å². The third kappa shape index (κ3) is 3.38. The molecule has 0 spiro atoms. The molecule has 2 rings (SSSR count). The molecule has 3 N–H and O–H groups in total. The quantitative estimate of drug-likeness (QED) is 0.871. The Kier molecular flexibility index (Phi) is 4.27. The van der Waals surface area contributed by atoms with Crippen molar-refractivity contribution in [3.05, 3.63) is 29.3 Å². The Morgan fingerprint density at radius 2 is 2.11 bits per heavy atom. The van der Waals surface area contributed by atoms with E-state index >= 15 is 0 Å². The van der Waals surface area contributed by atoms with E-state index in [4.69, 9.17) is 17.3 Å². The highest BCUT2D eigenvalue weighted by Gasteiger charge is 2.27. The zero-order valence-corrected chi connectivity index (χ0v) is 11.2. The summed E-state index contributed by atoms with van der Waals surface area (Å²) < 4.78 is 0. The number of nitrogens with two attached hydrogens (primary N) is 1. The minimum absolute atomic E-state index is 0.251. The summed E-state index contributed by atoms with van der Waals surface area (Å²) in [5, 5.41) is 3.23. The lowest BCUT2D eigenvalue weighted by Gasteiger charge is -2.31. The van der Waals surface area contributed by atoms with Crippen molar-refractivity contribution in [1.29, 1.82) is 0 Å². The zero-order valence-electron chi connectivity index (χ0n) is 10.4. The molecule has 1 heterocycles. The van der Waals surface area contributed by atoms with Gasteiger partial charge in [-0.3, -0.25) is 4.79 Å². The van der Waals surface area contributed by atoms with Gasteiger partial charge in [0.15, 0.2) is 0 Å². The average molecular weight is 282 g/mol. The lowest BCUT2D eigenvalue weighted by Crippen LogP contribution is -2.45. The van der Waals surface area contributed by atoms with Gasteiger partial charge >= 0.3 is 6.03 Å². The van der Waals surface area contributed by atoms with Gasteiger partial charge in [0.2, 0.25) is 5.91 Å². The number of nitrogens with one attached hydrogen (secondary N) is 1. The number of urea groups is 1. The molecule has 1 aromatic carbocycles. The number of rotatable bonds is 2. The van der Waals surface area contributed by atoms with Crippen molar-refractivity contribution < 1.29 is 9.59 Å².